The Labute approximate surface area is 107 Å². The van der Waals surface area contributed by atoms with Gasteiger partial charge in [0.25, 0.3) is 0 Å². The summed E-state index contributed by atoms with van der Waals surface area (Å²) in [6.07, 6.45) is 2.12. The summed E-state index contributed by atoms with van der Waals surface area (Å²) in [5.74, 6) is 0.0738. The molecule has 1 heterocycles. The lowest BCUT2D eigenvalue weighted by atomic mass is 10.1. The first-order chi connectivity index (χ1) is 8.16. The predicted octanol–water partition coefficient (Wildman–Crippen LogP) is 1.95. The van der Waals surface area contributed by atoms with E-state index in [-0.39, 0.29) is 11.8 Å². The maximum atomic E-state index is 12.1. The molecule has 1 saturated heterocycles. The third kappa shape index (κ3) is 3.28. The van der Waals surface area contributed by atoms with E-state index in [9.17, 15) is 4.79 Å². The minimum atomic E-state index is 0.0738. The molecule has 1 aromatic rings. The van der Waals surface area contributed by atoms with Gasteiger partial charge in [-0.25, -0.2) is 0 Å². The number of nitrogens with zero attached hydrogens (tertiary/aromatic N) is 1. The van der Waals surface area contributed by atoms with Crippen molar-refractivity contribution in [3.8, 4) is 0 Å². The normalized spacial score (nSPS) is 21.4. The molecule has 17 heavy (non-hydrogen) atoms. The minimum absolute atomic E-state index is 0.0738. The Balaban J connectivity index is 1.99. The van der Waals surface area contributed by atoms with Crippen molar-refractivity contribution in [2.24, 2.45) is 5.73 Å². The summed E-state index contributed by atoms with van der Waals surface area (Å²) in [7, 11) is 0. The second-order valence-electron chi connectivity index (χ2n) is 4.54. The van der Waals surface area contributed by atoms with Gasteiger partial charge in [0, 0.05) is 18.2 Å². The van der Waals surface area contributed by atoms with E-state index in [4.69, 9.17) is 17.3 Å². The monoisotopic (exact) mass is 252 g/mol. The van der Waals surface area contributed by atoms with Crippen LogP contribution in [0.15, 0.2) is 24.3 Å². The van der Waals surface area contributed by atoms with Crippen LogP contribution in [-0.4, -0.2) is 36.4 Å². The van der Waals surface area contributed by atoms with E-state index in [2.05, 4.69) is 4.90 Å². The van der Waals surface area contributed by atoms with Crippen LogP contribution >= 0.6 is 11.6 Å². The number of hydrogen-bond donors (Lipinski definition) is 1. The fraction of sp³-hybridized carbons (Fsp3) is 0.462. The number of piperidine rings is 1. The third-order valence-electron chi connectivity index (χ3n) is 3.08. The molecule has 1 aliphatic rings. The average molecular weight is 253 g/mol. The number of nitrogens with two attached hydrogens (primary N) is 1. The summed E-state index contributed by atoms with van der Waals surface area (Å²) >= 11 is 6.00. The molecule has 1 atom stereocenters. The zero-order chi connectivity index (χ0) is 12.3. The Morgan fingerprint density at radius 2 is 2.24 bits per heavy atom. The highest BCUT2D eigenvalue weighted by atomic mass is 35.5. The first-order valence-corrected chi connectivity index (χ1v) is 6.30. The molecule has 0 amide bonds. The molecule has 0 saturated carbocycles. The Kier molecular flexibility index (Phi) is 4.15. The number of ketones is 1. The van der Waals surface area contributed by atoms with Crippen molar-refractivity contribution in [3.05, 3.63) is 34.9 Å². The highest BCUT2D eigenvalue weighted by Crippen LogP contribution is 2.17. The number of likely N-dealkylation sites (tertiary alicyclic amines) is 1. The van der Waals surface area contributed by atoms with Gasteiger partial charge in [-0.05, 0) is 31.5 Å². The molecule has 0 aliphatic carbocycles. The lowest BCUT2D eigenvalue weighted by Gasteiger charge is -2.30. The van der Waals surface area contributed by atoms with Gasteiger partial charge in [0.1, 0.15) is 0 Å². The van der Waals surface area contributed by atoms with E-state index >= 15 is 0 Å². The van der Waals surface area contributed by atoms with Crippen molar-refractivity contribution in [1.29, 1.82) is 0 Å². The van der Waals surface area contributed by atoms with E-state index in [0.717, 1.165) is 25.9 Å². The van der Waals surface area contributed by atoms with Crippen molar-refractivity contribution >= 4 is 17.4 Å². The number of carbonyl (C=O) groups excluding carboxylic acids is 1. The first-order valence-electron chi connectivity index (χ1n) is 5.92. The Hall–Kier alpha value is -0.900. The molecule has 0 bridgehead atoms. The van der Waals surface area contributed by atoms with Gasteiger partial charge in [0.15, 0.2) is 5.78 Å². The van der Waals surface area contributed by atoms with Crippen molar-refractivity contribution in [2.45, 2.75) is 18.9 Å². The molecule has 3 nitrogen and oxygen atoms in total. The second-order valence-corrected chi connectivity index (χ2v) is 4.95. The topological polar surface area (TPSA) is 46.3 Å². The molecule has 92 valence electrons. The van der Waals surface area contributed by atoms with Gasteiger partial charge in [0.05, 0.1) is 11.6 Å². The summed E-state index contributed by atoms with van der Waals surface area (Å²) in [5.41, 5.74) is 6.50. The lowest BCUT2D eigenvalue weighted by Crippen LogP contribution is -2.44. The number of benzene rings is 1. The number of hydrogen-bond acceptors (Lipinski definition) is 3. The van der Waals surface area contributed by atoms with Crippen molar-refractivity contribution in [1.82, 2.24) is 4.90 Å². The predicted molar refractivity (Wildman–Crippen MR) is 69.4 cm³/mol. The van der Waals surface area contributed by atoms with Gasteiger partial charge >= 0.3 is 0 Å². The van der Waals surface area contributed by atoms with Crippen LogP contribution in [0.5, 0.6) is 0 Å². The van der Waals surface area contributed by atoms with Crippen LogP contribution in [-0.2, 0) is 0 Å². The van der Waals surface area contributed by atoms with E-state index in [1.165, 1.54) is 0 Å². The molecule has 4 heteroatoms. The molecule has 1 fully saturated rings. The summed E-state index contributed by atoms with van der Waals surface area (Å²) in [6.45, 7) is 2.16. The van der Waals surface area contributed by atoms with E-state index in [1.807, 2.05) is 12.1 Å². The van der Waals surface area contributed by atoms with Crippen molar-refractivity contribution < 1.29 is 4.79 Å². The fourth-order valence-corrected chi connectivity index (χ4v) is 2.45. The Bertz CT molecular complexity index is 408. The Morgan fingerprint density at radius 3 is 2.94 bits per heavy atom. The maximum absolute atomic E-state index is 12.1. The van der Waals surface area contributed by atoms with Gasteiger partial charge in [-0.2, -0.15) is 0 Å². The molecule has 1 aliphatic heterocycles. The van der Waals surface area contributed by atoms with Gasteiger partial charge in [-0.3, -0.25) is 9.69 Å². The van der Waals surface area contributed by atoms with Crippen molar-refractivity contribution in [3.63, 3.8) is 0 Å². The molecular formula is C13H17ClN2O. The van der Waals surface area contributed by atoms with Crippen LogP contribution in [0.25, 0.3) is 0 Å². The molecule has 0 radical (unpaired) electrons. The fourth-order valence-electron chi connectivity index (χ4n) is 2.21. The molecule has 1 aromatic carbocycles. The number of halogens is 1. The average Bonchev–Trinajstić information content (AvgIpc) is 2.29. The van der Waals surface area contributed by atoms with E-state index in [0.29, 0.717) is 17.1 Å². The smallest absolute Gasteiger partial charge is 0.178 e. The lowest BCUT2D eigenvalue weighted by molar-refractivity contribution is 0.0908. The van der Waals surface area contributed by atoms with Crippen molar-refractivity contribution in [2.75, 3.05) is 19.6 Å². The molecule has 0 spiro atoms. The number of Topliss-reactive ketones (excluding diaryl/α,β-unsaturated/α-hetero) is 1. The van der Waals surface area contributed by atoms with Crippen LogP contribution in [0, 0.1) is 0 Å². The van der Waals surface area contributed by atoms with Crippen LogP contribution in [0.2, 0.25) is 5.02 Å². The summed E-state index contributed by atoms with van der Waals surface area (Å²) < 4.78 is 0. The molecule has 2 rings (SSSR count). The molecular weight excluding hydrogens is 236 g/mol. The van der Waals surface area contributed by atoms with Crippen LogP contribution in [0.1, 0.15) is 23.2 Å². The quantitative estimate of drug-likeness (QED) is 0.837. The Morgan fingerprint density at radius 1 is 1.47 bits per heavy atom. The van der Waals surface area contributed by atoms with E-state index < -0.39 is 0 Å². The summed E-state index contributed by atoms with van der Waals surface area (Å²) in [6, 6.07) is 7.38. The van der Waals surface area contributed by atoms with Crippen LogP contribution in [0.4, 0.5) is 0 Å². The highest BCUT2D eigenvalue weighted by Gasteiger charge is 2.20. The maximum Gasteiger partial charge on any atom is 0.178 e. The largest absolute Gasteiger partial charge is 0.327 e. The minimum Gasteiger partial charge on any atom is -0.327 e. The van der Waals surface area contributed by atoms with Gasteiger partial charge in [0.2, 0.25) is 0 Å². The number of rotatable bonds is 3. The van der Waals surface area contributed by atoms with Gasteiger partial charge in [-0.1, -0.05) is 23.7 Å². The zero-order valence-corrected chi connectivity index (χ0v) is 10.5. The summed E-state index contributed by atoms with van der Waals surface area (Å²) in [4.78, 5) is 14.2. The van der Waals surface area contributed by atoms with E-state index in [1.54, 1.807) is 12.1 Å². The van der Waals surface area contributed by atoms with Gasteiger partial charge in [-0.15, -0.1) is 0 Å². The second kappa shape index (κ2) is 5.63. The SMILES string of the molecule is NC1CCCN(CC(=O)c2ccccc2Cl)C1. The highest BCUT2D eigenvalue weighted by molar-refractivity contribution is 6.34. The zero-order valence-electron chi connectivity index (χ0n) is 9.73. The first kappa shape index (κ1) is 12.6. The third-order valence-corrected chi connectivity index (χ3v) is 3.41. The van der Waals surface area contributed by atoms with Crippen LogP contribution < -0.4 is 5.73 Å². The number of carbonyl (C=O) groups is 1. The van der Waals surface area contributed by atoms with Gasteiger partial charge < -0.3 is 5.73 Å². The molecule has 2 N–H and O–H groups in total. The summed E-state index contributed by atoms with van der Waals surface area (Å²) in [5, 5.41) is 0.527. The molecule has 0 aromatic heterocycles. The van der Waals surface area contributed by atoms with Crippen LogP contribution in [0.3, 0.4) is 0 Å². The molecule has 1 unspecified atom stereocenters. The standard InChI is InChI=1S/C13H17ClN2O/c14-12-6-2-1-5-11(12)13(17)9-16-7-3-4-10(15)8-16/h1-2,5-6,10H,3-4,7-9,15H2.